The van der Waals surface area contributed by atoms with Gasteiger partial charge in [-0.1, -0.05) is 28.1 Å². The molecule has 0 bridgehead atoms. The van der Waals surface area contributed by atoms with Crippen molar-refractivity contribution in [3.8, 4) is 0 Å². The minimum Gasteiger partial charge on any atom is -0.324 e. The van der Waals surface area contributed by atoms with E-state index >= 15 is 0 Å². The molecule has 1 atom stereocenters. The Morgan fingerprint density at radius 2 is 2.00 bits per heavy atom. The van der Waals surface area contributed by atoms with Crippen LogP contribution in [-0.4, -0.2) is 0 Å². The molecular weight excluding hydrogens is 408 g/mol. The van der Waals surface area contributed by atoms with Gasteiger partial charge in [0.2, 0.25) is 0 Å². The first kappa shape index (κ1) is 14.0. The Labute approximate surface area is 128 Å². The Balaban J connectivity index is 2.21. The van der Waals surface area contributed by atoms with Crippen LogP contribution in [0.3, 0.4) is 0 Å². The lowest BCUT2D eigenvalue weighted by atomic mass is 10.00. The summed E-state index contributed by atoms with van der Waals surface area (Å²) < 4.78 is 15.2. The first-order valence-corrected chi connectivity index (χ1v) is 7.38. The molecule has 0 aliphatic rings. The fourth-order valence-corrected chi connectivity index (χ4v) is 2.77. The highest BCUT2D eigenvalue weighted by Gasteiger charge is 2.10. The maximum atomic E-state index is 13.2. The van der Waals surface area contributed by atoms with Gasteiger partial charge in [0, 0.05) is 14.1 Å². The first-order chi connectivity index (χ1) is 8.56. The lowest BCUT2D eigenvalue weighted by Gasteiger charge is -2.13. The van der Waals surface area contributed by atoms with Crippen molar-refractivity contribution in [2.24, 2.45) is 5.73 Å². The molecule has 1 nitrogen and oxygen atoms in total. The highest BCUT2D eigenvalue weighted by atomic mass is 127. The Bertz CT molecular complexity index is 559. The van der Waals surface area contributed by atoms with E-state index in [2.05, 4.69) is 44.6 Å². The third-order valence-electron chi connectivity index (χ3n) is 2.72. The molecule has 4 heteroatoms. The average Bonchev–Trinajstić information content (AvgIpc) is 2.34. The number of benzene rings is 2. The lowest BCUT2D eigenvalue weighted by Crippen LogP contribution is -2.13. The van der Waals surface area contributed by atoms with Gasteiger partial charge in [-0.2, -0.15) is 0 Å². The lowest BCUT2D eigenvalue weighted by molar-refractivity contribution is 0.621. The number of halogens is 3. The highest BCUT2D eigenvalue weighted by molar-refractivity contribution is 14.1. The van der Waals surface area contributed by atoms with Crippen molar-refractivity contribution in [3.63, 3.8) is 0 Å². The van der Waals surface area contributed by atoms with Crippen LogP contribution >= 0.6 is 38.5 Å². The topological polar surface area (TPSA) is 26.0 Å². The van der Waals surface area contributed by atoms with Gasteiger partial charge in [-0.05, 0) is 70.5 Å². The average molecular weight is 420 g/mol. The molecule has 0 saturated heterocycles. The molecule has 2 rings (SSSR count). The van der Waals surface area contributed by atoms with Crippen LogP contribution in [0.25, 0.3) is 0 Å². The van der Waals surface area contributed by atoms with E-state index < -0.39 is 0 Å². The van der Waals surface area contributed by atoms with E-state index in [1.807, 2.05) is 18.2 Å². The van der Waals surface area contributed by atoms with E-state index in [4.69, 9.17) is 5.73 Å². The maximum Gasteiger partial charge on any atom is 0.123 e. The Morgan fingerprint density at radius 3 is 2.72 bits per heavy atom. The summed E-state index contributed by atoms with van der Waals surface area (Å²) in [5, 5.41) is 0. The SMILES string of the molecule is NC(Cc1cc(F)ccc1Br)c1cccc(I)c1. The third-order valence-corrected chi connectivity index (χ3v) is 4.17. The normalized spacial score (nSPS) is 12.4. The van der Waals surface area contributed by atoms with Crippen molar-refractivity contribution in [1.29, 1.82) is 0 Å². The fraction of sp³-hybridized carbons (Fsp3) is 0.143. The molecule has 0 aliphatic heterocycles. The van der Waals surface area contributed by atoms with Gasteiger partial charge in [-0.25, -0.2) is 4.39 Å². The van der Waals surface area contributed by atoms with Crippen LogP contribution in [-0.2, 0) is 6.42 Å². The van der Waals surface area contributed by atoms with E-state index in [9.17, 15) is 4.39 Å². The van der Waals surface area contributed by atoms with Gasteiger partial charge in [-0.15, -0.1) is 0 Å². The second kappa shape index (κ2) is 6.12. The van der Waals surface area contributed by atoms with Crippen LogP contribution in [0.15, 0.2) is 46.9 Å². The molecule has 0 aliphatic carbocycles. The van der Waals surface area contributed by atoms with Gasteiger partial charge in [0.25, 0.3) is 0 Å². The first-order valence-electron chi connectivity index (χ1n) is 5.51. The smallest absolute Gasteiger partial charge is 0.123 e. The van der Waals surface area contributed by atoms with E-state index in [1.54, 1.807) is 6.07 Å². The summed E-state index contributed by atoms with van der Waals surface area (Å²) in [5.41, 5.74) is 8.13. The zero-order valence-electron chi connectivity index (χ0n) is 9.54. The second-order valence-electron chi connectivity index (χ2n) is 4.10. The summed E-state index contributed by atoms with van der Waals surface area (Å²) in [6, 6.07) is 12.6. The molecule has 0 spiro atoms. The Kier molecular flexibility index (Phi) is 4.75. The quantitative estimate of drug-likeness (QED) is 0.731. The van der Waals surface area contributed by atoms with E-state index in [1.165, 1.54) is 12.1 Å². The molecule has 2 N–H and O–H groups in total. The molecule has 0 radical (unpaired) electrons. The summed E-state index contributed by atoms with van der Waals surface area (Å²) in [5.74, 6) is -0.233. The largest absolute Gasteiger partial charge is 0.324 e. The Hall–Kier alpha value is -0.460. The molecule has 1 unspecified atom stereocenters. The van der Waals surface area contributed by atoms with Crippen molar-refractivity contribution in [1.82, 2.24) is 0 Å². The molecule has 18 heavy (non-hydrogen) atoms. The zero-order valence-corrected chi connectivity index (χ0v) is 13.3. The van der Waals surface area contributed by atoms with E-state index in [0.29, 0.717) is 6.42 Å². The monoisotopic (exact) mass is 419 g/mol. The number of nitrogens with two attached hydrogens (primary N) is 1. The molecule has 2 aromatic carbocycles. The molecule has 0 fully saturated rings. The highest BCUT2D eigenvalue weighted by Crippen LogP contribution is 2.24. The van der Waals surface area contributed by atoms with E-state index in [0.717, 1.165) is 19.2 Å². The molecule has 0 aromatic heterocycles. The predicted octanol–water partition coefficient (Wildman–Crippen LogP) is 4.44. The van der Waals surface area contributed by atoms with Gasteiger partial charge in [0.15, 0.2) is 0 Å². The third kappa shape index (κ3) is 3.52. The van der Waals surface area contributed by atoms with Crippen LogP contribution in [0.4, 0.5) is 4.39 Å². The van der Waals surface area contributed by atoms with Crippen LogP contribution in [0.1, 0.15) is 17.2 Å². The van der Waals surface area contributed by atoms with Crippen molar-refractivity contribution < 1.29 is 4.39 Å². The van der Waals surface area contributed by atoms with Gasteiger partial charge in [0.1, 0.15) is 5.82 Å². The van der Waals surface area contributed by atoms with Gasteiger partial charge >= 0.3 is 0 Å². The number of hydrogen-bond acceptors (Lipinski definition) is 1. The number of hydrogen-bond donors (Lipinski definition) is 1. The summed E-state index contributed by atoms with van der Waals surface area (Å²) in [6.45, 7) is 0. The van der Waals surface area contributed by atoms with Crippen molar-refractivity contribution >= 4 is 38.5 Å². The molecule has 0 amide bonds. The van der Waals surface area contributed by atoms with Gasteiger partial charge in [-0.3, -0.25) is 0 Å². The maximum absolute atomic E-state index is 13.2. The summed E-state index contributed by atoms with van der Waals surface area (Å²) in [7, 11) is 0. The van der Waals surface area contributed by atoms with Crippen LogP contribution in [0, 0.1) is 9.39 Å². The fourth-order valence-electron chi connectivity index (χ4n) is 1.79. The minimum atomic E-state index is -0.233. The van der Waals surface area contributed by atoms with Crippen molar-refractivity contribution in [2.45, 2.75) is 12.5 Å². The van der Waals surface area contributed by atoms with Crippen molar-refractivity contribution in [3.05, 3.63) is 67.5 Å². The number of rotatable bonds is 3. The minimum absolute atomic E-state index is 0.127. The molecule has 0 heterocycles. The summed E-state index contributed by atoms with van der Waals surface area (Å²) in [4.78, 5) is 0. The van der Waals surface area contributed by atoms with Crippen LogP contribution < -0.4 is 5.73 Å². The van der Waals surface area contributed by atoms with Crippen LogP contribution in [0.2, 0.25) is 0 Å². The van der Waals surface area contributed by atoms with E-state index in [-0.39, 0.29) is 11.9 Å². The predicted molar refractivity (Wildman–Crippen MR) is 83.9 cm³/mol. The second-order valence-corrected chi connectivity index (χ2v) is 6.20. The summed E-state index contributed by atoms with van der Waals surface area (Å²) in [6.07, 6.45) is 0.610. The molecule has 0 saturated carbocycles. The van der Waals surface area contributed by atoms with Gasteiger partial charge in [0.05, 0.1) is 0 Å². The molecule has 94 valence electrons. The summed E-state index contributed by atoms with van der Waals surface area (Å²) >= 11 is 5.68. The molecule has 2 aromatic rings. The van der Waals surface area contributed by atoms with Crippen LogP contribution in [0.5, 0.6) is 0 Å². The molecular formula is C14H12BrFIN. The standard InChI is InChI=1S/C14H12BrFIN/c15-13-5-4-11(16)6-10(13)8-14(18)9-2-1-3-12(17)7-9/h1-7,14H,8,18H2. The Morgan fingerprint density at radius 1 is 1.22 bits per heavy atom. The zero-order chi connectivity index (χ0) is 13.1. The van der Waals surface area contributed by atoms with Gasteiger partial charge < -0.3 is 5.73 Å². The van der Waals surface area contributed by atoms with Crippen molar-refractivity contribution in [2.75, 3.05) is 0 Å².